The topological polar surface area (TPSA) is 53.7 Å². The Balaban J connectivity index is 3.20. The Morgan fingerprint density at radius 2 is 1.43 bits per heavy atom. The van der Waals surface area contributed by atoms with Crippen molar-refractivity contribution in [2.75, 3.05) is 21.3 Å². The van der Waals surface area contributed by atoms with E-state index in [2.05, 4.69) is 0 Å². The van der Waals surface area contributed by atoms with Crippen molar-refractivity contribution in [1.82, 2.24) is 0 Å². The standard InChI is InChI=1S/C10H15NO3/c1-12-8-5-10(14-3)9(13-2)4-7(8)6-11/h4-5H,6,11H2,1-3H3. The molecule has 0 amide bonds. The molecule has 78 valence electrons. The zero-order valence-electron chi connectivity index (χ0n) is 8.66. The fourth-order valence-electron chi connectivity index (χ4n) is 1.25. The van der Waals surface area contributed by atoms with Gasteiger partial charge in [-0.3, -0.25) is 0 Å². The summed E-state index contributed by atoms with van der Waals surface area (Å²) >= 11 is 0. The van der Waals surface area contributed by atoms with Gasteiger partial charge in [-0.1, -0.05) is 0 Å². The van der Waals surface area contributed by atoms with Crippen LogP contribution in [0.4, 0.5) is 0 Å². The Morgan fingerprint density at radius 1 is 0.929 bits per heavy atom. The van der Waals surface area contributed by atoms with E-state index in [1.165, 1.54) is 0 Å². The molecular formula is C10H15NO3. The van der Waals surface area contributed by atoms with Crippen LogP contribution < -0.4 is 19.9 Å². The molecule has 0 aliphatic heterocycles. The lowest BCUT2D eigenvalue weighted by Gasteiger charge is -2.12. The molecule has 0 fully saturated rings. The molecule has 0 saturated heterocycles. The molecule has 14 heavy (non-hydrogen) atoms. The highest BCUT2D eigenvalue weighted by Gasteiger charge is 2.09. The number of benzene rings is 1. The summed E-state index contributed by atoms with van der Waals surface area (Å²) in [6.07, 6.45) is 0. The van der Waals surface area contributed by atoms with E-state index < -0.39 is 0 Å². The highest BCUT2D eigenvalue weighted by Crippen LogP contribution is 2.34. The third kappa shape index (κ3) is 1.90. The average Bonchev–Trinajstić information content (AvgIpc) is 2.26. The molecule has 0 aliphatic rings. The summed E-state index contributed by atoms with van der Waals surface area (Å²) in [5.74, 6) is 2.01. The second-order valence-corrected chi connectivity index (χ2v) is 2.72. The van der Waals surface area contributed by atoms with Gasteiger partial charge in [0.25, 0.3) is 0 Å². The fourth-order valence-corrected chi connectivity index (χ4v) is 1.25. The van der Waals surface area contributed by atoms with Gasteiger partial charge in [0.05, 0.1) is 21.3 Å². The van der Waals surface area contributed by atoms with E-state index in [0.717, 1.165) is 5.56 Å². The second kappa shape index (κ2) is 4.72. The first-order valence-electron chi connectivity index (χ1n) is 4.25. The molecule has 0 aliphatic carbocycles. The minimum Gasteiger partial charge on any atom is -0.496 e. The smallest absolute Gasteiger partial charge is 0.164 e. The van der Waals surface area contributed by atoms with Crippen molar-refractivity contribution in [1.29, 1.82) is 0 Å². The molecule has 0 aromatic heterocycles. The number of ether oxygens (including phenoxy) is 3. The summed E-state index contributed by atoms with van der Waals surface area (Å²) in [7, 11) is 4.77. The van der Waals surface area contributed by atoms with Gasteiger partial charge in [0.2, 0.25) is 0 Å². The van der Waals surface area contributed by atoms with Crippen molar-refractivity contribution in [2.45, 2.75) is 6.54 Å². The largest absolute Gasteiger partial charge is 0.496 e. The molecule has 0 saturated carbocycles. The number of nitrogens with two attached hydrogens (primary N) is 1. The van der Waals surface area contributed by atoms with Crippen molar-refractivity contribution in [3.05, 3.63) is 17.7 Å². The molecular weight excluding hydrogens is 182 g/mol. The maximum absolute atomic E-state index is 5.56. The van der Waals surface area contributed by atoms with Crippen LogP contribution in [0.2, 0.25) is 0 Å². The van der Waals surface area contributed by atoms with Crippen LogP contribution in [0, 0.1) is 0 Å². The van der Waals surface area contributed by atoms with E-state index in [9.17, 15) is 0 Å². The molecule has 4 heteroatoms. The minimum absolute atomic E-state index is 0.406. The van der Waals surface area contributed by atoms with Gasteiger partial charge < -0.3 is 19.9 Å². The normalized spacial score (nSPS) is 9.71. The molecule has 4 nitrogen and oxygen atoms in total. The lowest BCUT2D eigenvalue weighted by atomic mass is 10.1. The van der Waals surface area contributed by atoms with Gasteiger partial charge in [0.15, 0.2) is 11.5 Å². The van der Waals surface area contributed by atoms with Gasteiger partial charge in [-0.2, -0.15) is 0 Å². The molecule has 0 heterocycles. The summed E-state index contributed by atoms with van der Waals surface area (Å²) in [5.41, 5.74) is 6.46. The predicted octanol–water partition coefficient (Wildman–Crippen LogP) is 1.17. The maximum atomic E-state index is 5.56. The van der Waals surface area contributed by atoms with Crippen LogP contribution in [-0.4, -0.2) is 21.3 Å². The molecule has 0 radical (unpaired) electrons. The van der Waals surface area contributed by atoms with Crippen molar-refractivity contribution >= 4 is 0 Å². The molecule has 1 aromatic carbocycles. The highest BCUT2D eigenvalue weighted by molar-refractivity contribution is 5.50. The number of hydrogen-bond acceptors (Lipinski definition) is 4. The van der Waals surface area contributed by atoms with Crippen molar-refractivity contribution in [3.8, 4) is 17.2 Å². The zero-order chi connectivity index (χ0) is 10.6. The van der Waals surface area contributed by atoms with Crippen LogP contribution in [0.1, 0.15) is 5.56 Å². The molecule has 0 spiro atoms. The van der Waals surface area contributed by atoms with E-state index in [4.69, 9.17) is 19.9 Å². The second-order valence-electron chi connectivity index (χ2n) is 2.72. The van der Waals surface area contributed by atoms with Crippen LogP contribution in [0.15, 0.2) is 12.1 Å². The summed E-state index contributed by atoms with van der Waals surface area (Å²) in [4.78, 5) is 0. The molecule has 0 atom stereocenters. The summed E-state index contributed by atoms with van der Waals surface area (Å²) in [6.45, 7) is 0.406. The van der Waals surface area contributed by atoms with Crippen LogP contribution in [-0.2, 0) is 6.54 Å². The quantitative estimate of drug-likeness (QED) is 0.787. The number of hydrogen-bond donors (Lipinski definition) is 1. The summed E-state index contributed by atoms with van der Waals surface area (Å²) in [6, 6.07) is 3.58. The summed E-state index contributed by atoms with van der Waals surface area (Å²) in [5, 5.41) is 0. The molecule has 1 aromatic rings. The molecule has 0 bridgehead atoms. The van der Waals surface area contributed by atoms with Gasteiger partial charge in [-0.15, -0.1) is 0 Å². The van der Waals surface area contributed by atoms with E-state index in [0.29, 0.717) is 23.8 Å². The van der Waals surface area contributed by atoms with E-state index >= 15 is 0 Å². The minimum atomic E-state index is 0.406. The SMILES string of the molecule is COc1cc(OC)c(OC)cc1CN. The third-order valence-electron chi connectivity index (χ3n) is 2.01. The Morgan fingerprint density at radius 3 is 1.86 bits per heavy atom. The molecule has 1 rings (SSSR count). The van der Waals surface area contributed by atoms with E-state index in [-0.39, 0.29) is 0 Å². The molecule has 0 unspecified atom stereocenters. The Bertz CT molecular complexity index is 254. The monoisotopic (exact) mass is 197 g/mol. The van der Waals surface area contributed by atoms with Crippen molar-refractivity contribution in [3.63, 3.8) is 0 Å². The van der Waals surface area contributed by atoms with Gasteiger partial charge in [0, 0.05) is 18.2 Å². The third-order valence-corrected chi connectivity index (χ3v) is 2.01. The van der Waals surface area contributed by atoms with Gasteiger partial charge in [-0.25, -0.2) is 0 Å². The Kier molecular flexibility index (Phi) is 3.59. The number of rotatable bonds is 4. The Labute approximate surface area is 83.6 Å². The van der Waals surface area contributed by atoms with Gasteiger partial charge >= 0.3 is 0 Å². The predicted molar refractivity (Wildman–Crippen MR) is 54.0 cm³/mol. The zero-order valence-corrected chi connectivity index (χ0v) is 8.66. The van der Waals surface area contributed by atoms with Crippen LogP contribution in [0.5, 0.6) is 17.2 Å². The van der Waals surface area contributed by atoms with E-state index in [1.54, 1.807) is 27.4 Å². The average molecular weight is 197 g/mol. The van der Waals surface area contributed by atoms with Crippen LogP contribution >= 0.6 is 0 Å². The maximum Gasteiger partial charge on any atom is 0.164 e. The number of methoxy groups -OCH3 is 3. The first kappa shape index (κ1) is 10.7. The van der Waals surface area contributed by atoms with Crippen molar-refractivity contribution in [2.24, 2.45) is 5.73 Å². The highest BCUT2D eigenvalue weighted by atomic mass is 16.5. The van der Waals surface area contributed by atoms with Crippen LogP contribution in [0.25, 0.3) is 0 Å². The Hall–Kier alpha value is -1.42. The lowest BCUT2D eigenvalue weighted by molar-refractivity contribution is 0.347. The van der Waals surface area contributed by atoms with Crippen LogP contribution in [0.3, 0.4) is 0 Å². The fraction of sp³-hybridized carbons (Fsp3) is 0.400. The van der Waals surface area contributed by atoms with Gasteiger partial charge in [0.1, 0.15) is 5.75 Å². The lowest BCUT2D eigenvalue weighted by Crippen LogP contribution is -2.01. The first-order valence-corrected chi connectivity index (χ1v) is 4.25. The molecule has 2 N–H and O–H groups in total. The summed E-state index contributed by atoms with van der Waals surface area (Å²) < 4.78 is 15.4. The first-order chi connectivity index (χ1) is 6.76. The van der Waals surface area contributed by atoms with Gasteiger partial charge in [-0.05, 0) is 6.07 Å². The van der Waals surface area contributed by atoms with Crippen molar-refractivity contribution < 1.29 is 14.2 Å². The van der Waals surface area contributed by atoms with E-state index in [1.807, 2.05) is 6.07 Å².